The van der Waals surface area contributed by atoms with E-state index in [1.165, 1.54) is 10.7 Å². The third kappa shape index (κ3) is 3.92. The van der Waals surface area contributed by atoms with Crippen LogP contribution in [0.5, 0.6) is 5.75 Å². The Morgan fingerprint density at radius 3 is 2.66 bits per heavy atom. The summed E-state index contributed by atoms with van der Waals surface area (Å²) in [7, 11) is 1.64. The number of amides is 1. The minimum Gasteiger partial charge on any atom is -0.489 e. The number of ether oxygens (including phenoxy) is 2. The molecule has 0 unspecified atom stereocenters. The van der Waals surface area contributed by atoms with Crippen LogP contribution in [0.2, 0.25) is 10.3 Å². The van der Waals surface area contributed by atoms with Gasteiger partial charge in [-0.05, 0) is 57.3 Å². The predicted octanol–water partition coefficient (Wildman–Crippen LogP) is 6.12. The number of aryl methyl sites for hydroxylation is 1. The number of rotatable bonds is 1. The minimum atomic E-state index is -0.843. The standard InChI is InChI=1S/C28H26Cl2F2N6O3/c1-28(2,3)41-27(39)38-13-6-8-15(38)16-11-40-24-19-22(34-26(30)35-25(19)37(16)10-13)21(32)18(20(24)29)17-14(31)7-5-12-9-33-36(4)23(12)17/h5,7,9,13,15-16H,6,8,10-11H2,1-4H3/t13-,15+,16-/m1/s1. The zero-order chi connectivity index (χ0) is 29.0. The second-order valence-electron chi connectivity index (χ2n) is 11.7. The number of hydrogen-bond acceptors (Lipinski definition) is 7. The molecular weight excluding hydrogens is 577 g/mol. The van der Waals surface area contributed by atoms with Gasteiger partial charge in [-0.1, -0.05) is 11.6 Å². The number of nitrogens with zero attached hydrogens (tertiary/aromatic N) is 6. The number of aromatic nitrogens is 4. The van der Waals surface area contributed by atoms with E-state index >= 15 is 8.78 Å². The fourth-order valence-electron chi connectivity index (χ4n) is 6.52. The lowest BCUT2D eigenvalue weighted by atomic mass is 9.98. The SMILES string of the molecule is Cn1ncc2ccc(F)c(-c3c(Cl)c4c5c(nc(Cl)nc5c3F)N3C[C@H]5CC[C@@H]([C@H]3CO4)N5C(=O)OC(C)(C)C)c21. The Kier molecular flexibility index (Phi) is 5.83. The van der Waals surface area contributed by atoms with Crippen molar-refractivity contribution in [3.8, 4) is 16.9 Å². The monoisotopic (exact) mass is 602 g/mol. The number of anilines is 1. The van der Waals surface area contributed by atoms with Crippen LogP contribution in [0.15, 0.2) is 18.3 Å². The normalized spacial score (nSPS) is 21.7. The lowest BCUT2D eigenvalue weighted by Crippen LogP contribution is -2.63. The first-order chi connectivity index (χ1) is 19.4. The highest BCUT2D eigenvalue weighted by Gasteiger charge is 2.52. The highest BCUT2D eigenvalue weighted by atomic mass is 35.5. The third-order valence-electron chi connectivity index (χ3n) is 8.11. The minimum absolute atomic E-state index is 0.0554. The van der Waals surface area contributed by atoms with Crippen molar-refractivity contribution in [3.63, 3.8) is 0 Å². The first-order valence-corrected chi connectivity index (χ1v) is 14.1. The van der Waals surface area contributed by atoms with Crippen molar-refractivity contribution in [1.29, 1.82) is 0 Å². The third-order valence-corrected chi connectivity index (χ3v) is 8.64. The van der Waals surface area contributed by atoms with Crippen LogP contribution in [0.25, 0.3) is 32.9 Å². The summed E-state index contributed by atoms with van der Waals surface area (Å²) in [5, 5.41) is 4.80. The van der Waals surface area contributed by atoms with Crippen LogP contribution in [0.3, 0.4) is 0 Å². The van der Waals surface area contributed by atoms with Crippen LogP contribution in [-0.4, -0.2) is 67.6 Å². The molecule has 0 spiro atoms. The summed E-state index contributed by atoms with van der Waals surface area (Å²) in [5.74, 6) is -1.02. The second kappa shape index (κ2) is 9.03. The molecule has 3 aliphatic rings. The van der Waals surface area contributed by atoms with E-state index in [0.717, 1.165) is 12.8 Å². The lowest BCUT2D eigenvalue weighted by molar-refractivity contribution is 0.00547. The molecule has 13 heteroatoms. The molecule has 2 saturated heterocycles. The molecule has 0 aliphatic carbocycles. The maximum atomic E-state index is 16.5. The zero-order valence-corrected chi connectivity index (χ0v) is 24.2. The summed E-state index contributed by atoms with van der Waals surface area (Å²) in [6.07, 6.45) is 2.68. The van der Waals surface area contributed by atoms with Crippen molar-refractivity contribution in [3.05, 3.63) is 40.3 Å². The van der Waals surface area contributed by atoms with Gasteiger partial charge in [-0.2, -0.15) is 10.1 Å². The van der Waals surface area contributed by atoms with E-state index in [1.807, 2.05) is 25.7 Å². The van der Waals surface area contributed by atoms with Gasteiger partial charge in [0.2, 0.25) is 5.28 Å². The van der Waals surface area contributed by atoms with Crippen LogP contribution < -0.4 is 9.64 Å². The highest BCUT2D eigenvalue weighted by Crippen LogP contribution is 2.51. The Bertz CT molecular complexity index is 1770. The summed E-state index contributed by atoms with van der Waals surface area (Å²) in [5.41, 5.74) is -0.660. The number of benzene rings is 2. The van der Waals surface area contributed by atoms with Gasteiger partial charge < -0.3 is 14.4 Å². The van der Waals surface area contributed by atoms with Gasteiger partial charge in [0.05, 0.1) is 40.2 Å². The van der Waals surface area contributed by atoms with Crippen LogP contribution >= 0.6 is 23.2 Å². The topological polar surface area (TPSA) is 85.6 Å². The molecule has 1 amide bonds. The number of fused-ring (bicyclic) bond motifs is 6. The quantitative estimate of drug-likeness (QED) is 0.243. The van der Waals surface area contributed by atoms with Gasteiger partial charge in [0.1, 0.15) is 29.4 Å². The Balaban J connectivity index is 1.42. The molecule has 9 nitrogen and oxygen atoms in total. The molecule has 2 aromatic heterocycles. The summed E-state index contributed by atoms with van der Waals surface area (Å²) < 4.78 is 45.5. The predicted molar refractivity (Wildman–Crippen MR) is 151 cm³/mol. The fourth-order valence-corrected chi connectivity index (χ4v) is 7.01. The van der Waals surface area contributed by atoms with Crippen LogP contribution in [0.4, 0.5) is 19.4 Å². The van der Waals surface area contributed by atoms with Gasteiger partial charge in [-0.15, -0.1) is 0 Å². The molecule has 2 bridgehead atoms. The zero-order valence-electron chi connectivity index (χ0n) is 22.7. The van der Waals surface area contributed by atoms with E-state index < -0.39 is 17.2 Å². The van der Waals surface area contributed by atoms with Crippen molar-refractivity contribution in [2.75, 3.05) is 18.1 Å². The van der Waals surface area contributed by atoms with Crippen molar-refractivity contribution in [2.24, 2.45) is 7.05 Å². The Labute approximate surface area is 243 Å². The van der Waals surface area contributed by atoms with Gasteiger partial charge in [-0.25, -0.2) is 18.6 Å². The first-order valence-electron chi connectivity index (χ1n) is 13.3. The van der Waals surface area contributed by atoms with E-state index in [1.54, 1.807) is 24.2 Å². The number of halogens is 4. The average Bonchev–Trinajstić information content (AvgIpc) is 3.38. The van der Waals surface area contributed by atoms with Gasteiger partial charge in [0, 0.05) is 30.1 Å². The van der Waals surface area contributed by atoms with Crippen molar-refractivity contribution < 1.29 is 23.0 Å². The summed E-state index contributed by atoms with van der Waals surface area (Å²) in [6, 6.07) is 2.08. The molecule has 4 aromatic rings. The summed E-state index contributed by atoms with van der Waals surface area (Å²) >= 11 is 13.3. The Hall–Kier alpha value is -3.44. The van der Waals surface area contributed by atoms with Crippen LogP contribution in [0, 0.1) is 11.6 Å². The van der Waals surface area contributed by atoms with Gasteiger partial charge in [0.25, 0.3) is 0 Å². The van der Waals surface area contributed by atoms with E-state index in [9.17, 15) is 4.79 Å². The molecule has 7 rings (SSSR count). The molecule has 5 heterocycles. The largest absolute Gasteiger partial charge is 0.489 e. The molecular formula is C28H26Cl2F2N6O3. The second-order valence-corrected chi connectivity index (χ2v) is 12.4. The number of piperazine rings is 1. The number of hydrogen-bond donors (Lipinski definition) is 0. The van der Waals surface area contributed by atoms with E-state index in [0.29, 0.717) is 23.3 Å². The maximum Gasteiger partial charge on any atom is 0.410 e. The first kappa shape index (κ1) is 26.5. The molecule has 41 heavy (non-hydrogen) atoms. The van der Waals surface area contributed by atoms with Crippen molar-refractivity contribution >= 4 is 56.9 Å². The molecule has 2 fully saturated rings. The lowest BCUT2D eigenvalue weighted by Gasteiger charge is -2.46. The summed E-state index contributed by atoms with van der Waals surface area (Å²) in [4.78, 5) is 25.8. The van der Waals surface area contributed by atoms with E-state index in [4.69, 9.17) is 32.7 Å². The molecule has 0 radical (unpaired) electrons. The molecule has 2 aromatic carbocycles. The Morgan fingerprint density at radius 2 is 1.90 bits per heavy atom. The average molecular weight is 603 g/mol. The molecule has 3 aliphatic heterocycles. The van der Waals surface area contributed by atoms with Crippen LogP contribution in [0.1, 0.15) is 33.6 Å². The molecule has 0 saturated carbocycles. The smallest absolute Gasteiger partial charge is 0.410 e. The fraction of sp³-hybridized carbons (Fsp3) is 0.429. The Morgan fingerprint density at radius 1 is 1.12 bits per heavy atom. The van der Waals surface area contributed by atoms with Crippen molar-refractivity contribution in [2.45, 2.75) is 57.3 Å². The van der Waals surface area contributed by atoms with Gasteiger partial charge in [0.15, 0.2) is 11.6 Å². The molecule has 214 valence electrons. The van der Waals surface area contributed by atoms with E-state index in [2.05, 4.69) is 15.1 Å². The van der Waals surface area contributed by atoms with Crippen LogP contribution in [-0.2, 0) is 11.8 Å². The number of carbonyl (C=O) groups is 1. The number of carbonyl (C=O) groups excluding carboxylic acids is 1. The summed E-state index contributed by atoms with van der Waals surface area (Å²) in [6.45, 7) is 6.02. The molecule has 3 atom stereocenters. The molecule has 0 N–H and O–H groups in total. The van der Waals surface area contributed by atoms with Gasteiger partial charge in [-0.3, -0.25) is 9.58 Å². The maximum absolute atomic E-state index is 16.5. The van der Waals surface area contributed by atoms with Gasteiger partial charge >= 0.3 is 6.09 Å². The highest BCUT2D eigenvalue weighted by molar-refractivity contribution is 6.37. The van der Waals surface area contributed by atoms with Crippen molar-refractivity contribution in [1.82, 2.24) is 24.6 Å². The van der Waals surface area contributed by atoms with E-state index in [-0.39, 0.29) is 68.9 Å².